The fourth-order valence-corrected chi connectivity index (χ4v) is 2.99. The number of hydrogen-bond donors (Lipinski definition) is 0. The first kappa shape index (κ1) is 24.3. The minimum Gasteiger partial charge on any atom is -0.423 e. The maximum atomic E-state index is 12.6. The van der Waals surface area contributed by atoms with Gasteiger partial charge in [0.1, 0.15) is 19.0 Å². The highest BCUT2D eigenvalue weighted by atomic mass is 35.5. The van der Waals surface area contributed by atoms with Gasteiger partial charge in [0.25, 0.3) is 5.09 Å². The number of hydrogen-bond acceptors (Lipinski definition) is 7. The Labute approximate surface area is 185 Å². The monoisotopic (exact) mass is 449 g/mol. The number of carbonyl (C=O) groups is 2. The van der Waals surface area contributed by atoms with Gasteiger partial charge in [-0.05, 0) is 66.6 Å². The van der Waals surface area contributed by atoms with E-state index in [0.29, 0.717) is 24.3 Å². The van der Waals surface area contributed by atoms with Crippen molar-refractivity contribution >= 4 is 22.8 Å². The second-order valence-corrected chi connectivity index (χ2v) is 7.14. The molecule has 0 atom stereocenters. The van der Waals surface area contributed by atoms with Gasteiger partial charge in [-0.3, -0.25) is 4.79 Å². The van der Waals surface area contributed by atoms with Gasteiger partial charge in [-0.2, -0.15) is 0 Å². The minimum absolute atomic E-state index is 0.0313. The van der Waals surface area contributed by atoms with Crippen molar-refractivity contribution in [2.24, 2.45) is 0 Å². The maximum absolute atomic E-state index is 12.6. The lowest BCUT2D eigenvalue weighted by molar-refractivity contribution is -0.757. The predicted octanol–water partition coefficient (Wildman–Crippen LogP) is 4.15. The Balaban J connectivity index is 1.82. The number of benzene rings is 2. The lowest BCUT2D eigenvalue weighted by atomic mass is 10.0. The highest BCUT2D eigenvalue weighted by Crippen LogP contribution is 2.18. The summed E-state index contributed by atoms with van der Waals surface area (Å²) in [5.74, 6) is -0.0475. The van der Waals surface area contributed by atoms with E-state index in [2.05, 4.69) is 4.84 Å². The average molecular weight is 450 g/mol. The molecule has 31 heavy (non-hydrogen) atoms. The van der Waals surface area contributed by atoms with E-state index in [4.69, 9.17) is 21.1 Å². The van der Waals surface area contributed by atoms with Gasteiger partial charge in [0.05, 0.1) is 5.56 Å². The summed E-state index contributed by atoms with van der Waals surface area (Å²) in [6.45, 7) is 0.358. The van der Waals surface area contributed by atoms with Crippen molar-refractivity contribution < 1.29 is 29.0 Å². The van der Waals surface area contributed by atoms with E-state index in [1.54, 1.807) is 36.4 Å². The van der Waals surface area contributed by atoms with E-state index < -0.39 is 16.3 Å². The topological polar surface area (TPSA) is 105 Å². The SMILES string of the molecule is O=C(Cl)COCCCCCc1ccccc1C(=O)Oc1ccc(CCO[N+](=O)[O-])cc1. The van der Waals surface area contributed by atoms with Crippen molar-refractivity contribution in [2.45, 2.75) is 32.1 Å². The molecule has 0 fully saturated rings. The largest absolute Gasteiger partial charge is 0.423 e. The van der Waals surface area contributed by atoms with Crippen LogP contribution in [-0.2, 0) is 27.2 Å². The zero-order chi connectivity index (χ0) is 22.5. The summed E-state index contributed by atoms with van der Waals surface area (Å²) in [5.41, 5.74) is 2.24. The quantitative estimate of drug-likeness (QED) is 0.106. The first-order chi connectivity index (χ1) is 15.0. The van der Waals surface area contributed by atoms with Crippen LogP contribution in [0.3, 0.4) is 0 Å². The Hall–Kier alpha value is -2.97. The number of nitrogens with zero attached hydrogens (tertiary/aromatic N) is 1. The number of unbranched alkanes of at least 4 members (excludes halogenated alkanes) is 2. The highest BCUT2D eigenvalue weighted by molar-refractivity contribution is 6.63. The number of ether oxygens (including phenoxy) is 2. The Bertz CT molecular complexity index is 870. The molecule has 8 nitrogen and oxygen atoms in total. The Morgan fingerprint density at radius 2 is 1.68 bits per heavy atom. The smallest absolute Gasteiger partial charge is 0.343 e. The summed E-state index contributed by atoms with van der Waals surface area (Å²) in [5, 5.41) is 8.84. The summed E-state index contributed by atoms with van der Waals surface area (Å²) in [6.07, 6.45) is 3.65. The second-order valence-electron chi connectivity index (χ2n) is 6.72. The van der Waals surface area contributed by atoms with Crippen molar-refractivity contribution in [1.82, 2.24) is 0 Å². The lowest BCUT2D eigenvalue weighted by Gasteiger charge is -2.10. The van der Waals surface area contributed by atoms with Crippen LogP contribution in [0.15, 0.2) is 48.5 Å². The molecule has 0 aliphatic heterocycles. The molecule has 0 aliphatic rings. The molecule has 0 spiro atoms. The average Bonchev–Trinajstić information content (AvgIpc) is 2.74. The maximum Gasteiger partial charge on any atom is 0.343 e. The van der Waals surface area contributed by atoms with Crippen LogP contribution >= 0.6 is 11.6 Å². The zero-order valence-corrected chi connectivity index (χ0v) is 17.7. The van der Waals surface area contributed by atoms with Crippen LogP contribution in [-0.4, -0.2) is 36.1 Å². The molecule has 0 radical (unpaired) electrons. The molecular formula is C22H24ClNO7. The van der Waals surface area contributed by atoms with Gasteiger partial charge in [-0.1, -0.05) is 36.8 Å². The van der Waals surface area contributed by atoms with Crippen LogP contribution in [0.25, 0.3) is 0 Å². The molecule has 0 aromatic heterocycles. The Kier molecular flexibility index (Phi) is 10.5. The summed E-state index contributed by atoms with van der Waals surface area (Å²) in [7, 11) is 0. The van der Waals surface area contributed by atoms with E-state index in [1.165, 1.54) is 0 Å². The molecule has 0 amide bonds. The van der Waals surface area contributed by atoms with Gasteiger partial charge in [-0.15, -0.1) is 10.1 Å². The third kappa shape index (κ3) is 9.59. The van der Waals surface area contributed by atoms with Gasteiger partial charge < -0.3 is 14.3 Å². The van der Waals surface area contributed by atoms with Gasteiger partial charge in [0.2, 0.25) is 5.24 Å². The third-order valence-corrected chi connectivity index (χ3v) is 4.52. The van der Waals surface area contributed by atoms with Crippen molar-refractivity contribution in [1.29, 1.82) is 0 Å². The fourth-order valence-electron chi connectivity index (χ4n) is 2.91. The van der Waals surface area contributed by atoms with E-state index >= 15 is 0 Å². The molecule has 0 saturated heterocycles. The Morgan fingerprint density at radius 3 is 2.39 bits per heavy atom. The molecule has 2 aromatic carbocycles. The normalized spacial score (nSPS) is 10.5. The van der Waals surface area contributed by atoms with Crippen LogP contribution in [0.2, 0.25) is 0 Å². The van der Waals surface area contributed by atoms with Crippen molar-refractivity contribution in [3.05, 3.63) is 75.3 Å². The van der Waals surface area contributed by atoms with Gasteiger partial charge in [0.15, 0.2) is 0 Å². The number of rotatable bonds is 14. The minimum atomic E-state index is -0.828. The van der Waals surface area contributed by atoms with E-state index in [9.17, 15) is 19.7 Å². The molecule has 0 saturated carbocycles. The summed E-state index contributed by atoms with van der Waals surface area (Å²) in [6, 6.07) is 14.1. The van der Waals surface area contributed by atoms with Crippen molar-refractivity contribution in [2.75, 3.05) is 19.8 Å². The fraction of sp³-hybridized carbons (Fsp3) is 0.364. The summed E-state index contributed by atoms with van der Waals surface area (Å²) in [4.78, 5) is 37.7. The second kappa shape index (κ2) is 13.4. The van der Waals surface area contributed by atoms with Gasteiger partial charge in [-0.25, -0.2) is 4.79 Å². The molecule has 0 heterocycles. The first-order valence-electron chi connectivity index (χ1n) is 9.88. The van der Waals surface area contributed by atoms with Crippen LogP contribution < -0.4 is 4.74 Å². The summed E-state index contributed by atoms with van der Waals surface area (Å²) < 4.78 is 10.6. The predicted molar refractivity (Wildman–Crippen MR) is 114 cm³/mol. The molecule has 0 unspecified atom stereocenters. The number of esters is 1. The van der Waals surface area contributed by atoms with E-state index in [-0.39, 0.29) is 13.2 Å². The molecule has 0 bridgehead atoms. The van der Waals surface area contributed by atoms with Gasteiger partial charge in [0, 0.05) is 6.61 Å². The number of carbonyl (C=O) groups excluding carboxylic acids is 2. The third-order valence-electron chi connectivity index (χ3n) is 4.41. The molecule has 9 heteroatoms. The number of halogens is 1. The van der Waals surface area contributed by atoms with Gasteiger partial charge >= 0.3 is 5.97 Å². The van der Waals surface area contributed by atoms with E-state index in [0.717, 1.165) is 36.8 Å². The van der Waals surface area contributed by atoms with Crippen LogP contribution in [0.5, 0.6) is 5.75 Å². The van der Waals surface area contributed by atoms with E-state index in [1.807, 2.05) is 12.1 Å². The lowest BCUT2D eigenvalue weighted by Crippen LogP contribution is -2.11. The van der Waals surface area contributed by atoms with Crippen LogP contribution in [0.4, 0.5) is 0 Å². The Morgan fingerprint density at radius 1 is 0.935 bits per heavy atom. The van der Waals surface area contributed by atoms with Crippen molar-refractivity contribution in [3.8, 4) is 5.75 Å². The van der Waals surface area contributed by atoms with Crippen LogP contribution in [0.1, 0.15) is 40.7 Å². The number of aryl methyl sites for hydroxylation is 1. The first-order valence-corrected chi connectivity index (χ1v) is 10.3. The summed E-state index contributed by atoms with van der Waals surface area (Å²) >= 11 is 5.21. The molecule has 2 aromatic rings. The van der Waals surface area contributed by atoms with Crippen molar-refractivity contribution in [3.63, 3.8) is 0 Å². The highest BCUT2D eigenvalue weighted by Gasteiger charge is 2.13. The molecule has 166 valence electrons. The molecule has 0 N–H and O–H groups in total. The molecular weight excluding hydrogens is 426 g/mol. The molecule has 0 aliphatic carbocycles. The standard InChI is InChI=1S/C22H24ClNO7/c23-21(25)16-29-14-5-1-2-6-18-7-3-4-8-20(18)22(26)31-19-11-9-17(10-12-19)13-15-30-24(27)28/h3-4,7-12H,1-2,5-6,13-16H2. The van der Waals surface area contributed by atoms with Crippen LogP contribution in [0, 0.1) is 10.1 Å². The molecule has 2 rings (SSSR count). The zero-order valence-electron chi connectivity index (χ0n) is 17.0.